The number of fused-ring (bicyclic) bond motifs is 1. The van der Waals surface area contributed by atoms with Gasteiger partial charge in [0, 0.05) is 32.7 Å². The highest BCUT2D eigenvalue weighted by molar-refractivity contribution is 7.89. The Bertz CT molecular complexity index is 2110. The first-order valence-corrected chi connectivity index (χ1v) is 25.1. The number of methoxy groups -OCH3 is 1. The van der Waals surface area contributed by atoms with Gasteiger partial charge in [-0.05, 0) is 86.2 Å². The van der Waals surface area contributed by atoms with Crippen molar-refractivity contribution in [2.45, 2.75) is 75.6 Å². The first-order valence-electron chi connectivity index (χ1n) is 21.9. The number of amides is 1. The summed E-state index contributed by atoms with van der Waals surface area (Å²) in [5.41, 5.74) is 0.633. The number of para-hydroxylation sites is 1. The lowest BCUT2D eigenvalue weighted by Crippen LogP contribution is -2.51. The topological polar surface area (TPSA) is 207 Å². The SMILES string of the molecule is COc1ccc(S(=O)(=O)N(CC(C)C)C[C@@H](O)[C@H](Cc2ccc(OCP(=O)(Oc3ccccc3)O[C@@H](C)C(=O)OCCCN3CCOCC3)cc2)NC(=O)O[C@H]2CO[C@H]3OCC[C@H]32)cc1. The van der Waals surface area contributed by atoms with Gasteiger partial charge in [-0.15, -0.1) is 0 Å². The van der Waals surface area contributed by atoms with Crippen molar-refractivity contribution >= 4 is 29.7 Å². The van der Waals surface area contributed by atoms with Crippen molar-refractivity contribution < 1.29 is 69.9 Å². The number of hydrogen-bond acceptors (Lipinski definition) is 16. The fourth-order valence-electron chi connectivity index (χ4n) is 7.60. The van der Waals surface area contributed by atoms with Gasteiger partial charge in [-0.1, -0.05) is 44.2 Å². The molecule has 3 aliphatic rings. The fraction of sp³-hybridized carbons (Fsp3) is 0.556. The number of ether oxygens (including phenoxy) is 7. The first-order chi connectivity index (χ1) is 31.2. The van der Waals surface area contributed by atoms with Gasteiger partial charge < -0.3 is 48.1 Å². The molecule has 65 heavy (non-hydrogen) atoms. The van der Waals surface area contributed by atoms with E-state index < -0.39 is 66.7 Å². The van der Waals surface area contributed by atoms with Crippen LogP contribution < -0.4 is 19.3 Å². The van der Waals surface area contributed by atoms with E-state index in [-0.39, 0.29) is 61.0 Å². The van der Waals surface area contributed by atoms with Gasteiger partial charge in [0.15, 0.2) is 12.4 Å². The zero-order valence-corrected chi connectivity index (χ0v) is 39.1. The molecule has 3 fully saturated rings. The summed E-state index contributed by atoms with van der Waals surface area (Å²) < 4.78 is 93.8. The molecule has 0 radical (unpaired) electrons. The van der Waals surface area contributed by atoms with Crippen LogP contribution in [-0.4, -0.2) is 145 Å². The molecule has 20 heteroatoms. The highest BCUT2D eigenvalue weighted by Crippen LogP contribution is 2.49. The number of aliphatic hydroxyl groups is 1. The second kappa shape index (κ2) is 23.9. The standard InChI is InChI=1S/C45H62N3O15PS/c1-32(2)28-48(65(53,54)38-17-15-35(55-4)16-18-38)29-41(49)40(46-45(51)61-42-30-59-44-39(42)19-24-58-44)27-34-11-13-36(14-12-34)60-31-64(52,63-37-9-6-5-7-10-37)62-33(3)43(50)57-23-8-20-47-21-25-56-26-22-47/h5-7,9-18,32-33,39-42,44,49H,8,19-31H2,1-4H3,(H,46,51)/t33-,39-,40-,41+,42-,44+,64?/m0/s1. The number of morpholine rings is 1. The Balaban J connectivity index is 1.12. The highest BCUT2D eigenvalue weighted by Gasteiger charge is 2.44. The average Bonchev–Trinajstić information content (AvgIpc) is 3.93. The number of hydrogen-bond donors (Lipinski definition) is 2. The quantitative estimate of drug-likeness (QED) is 0.0682. The van der Waals surface area contributed by atoms with E-state index in [1.165, 1.54) is 30.5 Å². The summed E-state index contributed by atoms with van der Waals surface area (Å²) in [5.74, 6) is 0.0929. The lowest BCUT2D eigenvalue weighted by molar-refractivity contribution is -0.151. The minimum Gasteiger partial charge on any atom is -0.497 e. The van der Waals surface area contributed by atoms with E-state index in [0.29, 0.717) is 44.0 Å². The third-order valence-corrected chi connectivity index (χ3v) is 14.5. The summed E-state index contributed by atoms with van der Waals surface area (Å²) in [6, 6.07) is 19.9. The van der Waals surface area contributed by atoms with Gasteiger partial charge in [-0.25, -0.2) is 22.6 Å². The third kappa shape index (κ3) is 14.8. The Morgan fingerprint density at radius 3 is 2.32 bits per heavy atom. The maximum Gasteiger partial charge on any atom is 0.417 e. The summed E-state index contributed by atoms with van der Waals surface area (Å²) >= 11 is 0. The van der Waals surface area contributed by atoms with E-state index in [2.05, 4.69) is 10.2 Å². The fourth-order valence-corrected chi connectivity index (χ4v) is 10.7. The Kier molecular flexibility index (Phi) is 18.5. The van der Waals surface area contributed by atoms with Gasteiger partial charge in [-0.2, -0.15) is 4.31 Å². The van der Waals surface area contributed by atoms with Crippen LogP contribution in [0.1, 0.15) is 39.2 Å². The summed E-state index contributed by atoms with van der Waals surface area (Å²) in [6.45, 7) is 9.45. The number of alkyl carbamates (subject to hydrolysis) is 1. The van der Waals surface area contributed by atoms with Gasteiger partial charge >= 0.3 is 19.7 Å². The molecule has 1 unspecified atom stereocenters. The Hall–Kier alpha value is -4.30. The summed E-state index contributed by atoms with van der Waals surface area (Å²) in [5, 5.41) is 14.6. The number of esters is 1. The highest BCUT2D eigenvalue weighted by atomic mass is 32.2. The number of nitrogens with one attached hydrogen (secondary N) is 1. The van der Waals surface area contributed by atoms with Gasteiger partial charge in [0.1, 0.15) is 23.4 Å². The Morgan fingerprint density at radius 1 is 0.923 bits per heavy atom. The number of rotatable bonds is 24. The maximum atomic E-state index is 14.2. The second-order valence-corrected chi connectivity index (χ2v) is 20.3. The molecule has 3 aromatic carbocycles. The molecule has 18 nitrogen and oxygen atoms in total. The van der Waals surface area contributed by atoms with E-state index in [0.717, 1.165) is 19.6 Å². The molecule has 0 spiro atoms. The van der Waals surface area contributed by atoms with Crippen LogP contribution in [-0.2, 0) is 54.0 Å². The smallest absolute Gasteiger partial charge is 0.417 e. The van der Waals surface area contributed by atoms with Crippen LogP contribution in [0, 0.1) is 11.8 Å². The molecular weight excluding hydrogens is 886 g/mol. The zero-order chi connectivity index (χ0) is 46.4. The van der Waals surface area contributed by atoms with Crippen LogP contribution >= 0.6 is 7.60 Å². The predicted molar refractivity (Wildman–Crippen MR) is 237 cm³/mol. The van der Waals surface area contributed by atoms with Crippen LogP contribution in [0.5, 0.6) is 17.2 Å². The number of carbonyl (C=O) groups is 2. The minimum absolute atomic E-state index is 0.0221. The average molecular weight is 948 g/mol. The molecule has 0 aliphatic carbocycles. The number of sulfonamides is 1. The van der Waals surface area contributed by atoms with Crippen LogP contribution in [0.2, 0.25) is 0 Å². The molecule has 2 N–H and O–H groups in total. The van der Waals surface area contributed by atoms with E-state index in [1.54, 1.807) is 66.7 Å². The number of nitrogens with zero attached hydrogens (tertiary/aromatic N) is 2. The van der Waals surface area contributed by atoms with E-state index in [1.807, 2.05) is 13.8 Å². The van der Waals surface area contributed by atoms with E-state index in [4.69, 9.17) is 42.2 Å². The van der Waals surface area contributed by atoms with Crippen molar-refractivity contribution in [2.24, 2.45) is 11.8 Å². The van der Waals surface area contributed by atoms with Crippen molar-refractivity contribution in [1.29, 1.82) is 0 Å². The molecular formula is C45H62N3O15PS. The number of benzene rings is 3. The normalized spacial score (nSPS) is 21.2. The molecule has 3 aromatic rings. The van der Waals surface area contributed by atoms with Gasteiger partial charge in [0.25, 0.3) is 0 Å². The Morgan fingerprint density at radius 2 is 1.63 bits per heavy atom. The molecule has 3 saturated heterocycles. The predicted octanol–water partition coefficient (Wildman–Crippen LogP) is 5.08. The lowest BCUT2D eigenvalue weighted by atomic mass is 10.0. The van der Waals surface area contributed by atoms with Crippen LogP contribution in [0.3, 0.4) is 0 Å². The molecule has 3 heterocycles. The van der Waals surface area contributed by atoms with Crippen molar-refractivity contribution in [3.05, 3.63) is 84.4 Å². The summed E-state index contributed by atoms with van der Waals surface area (Å²) in [6.07, 6.45) is -3.68. The second-order valence-electron chi connectivity index (χ2n) is 16.5. The van der Waals surface area contributed by atoms with Crippen molar-refractivity contribution in [3.63, 3.8) is 0 Å². The molecule has 0 saturated carbocycles. The van der Waals surface area contributed by atoms with E-state index >= 15 is 0 Å². The van der Waals surface area contributed by atoms with Crippen LogP contribution in [0.25, 0.3) is 0 Å². The molecule has 358 valence electrons. The van der Waals surface area contributed by atoms with Crippen LogP contribution in [0.15, 0.2) is 83.8 Å². The molecule has 7 atom stereocenters. The zero-order valence-electron chi connectivity index (χ0n) is 37.4. The Labute approximate surface area is 381 Å². The molecule has 6 rings (SSSR count). The third-order valence-electron chi connectivity index (χ3n) is 11.0. The monoisotopic (exact) mass is 947 g/mol. The van der Waals surface area contributed by atoms with Gasteiger partial charge in [0.05, 0.1) is 63.1 Å². The summed E-state index contributed by atoms with van der Waals surface area (Å²) in [7, 11) is -6.75. The van der Waals surface area contributed by atoms with Gasteiger partial charge in [-0.3, -0.25) is 9.42 Å². The molecule has 0 aromatic heterocycles. The van der Waals surface area contributed by atoms with Crippen LogP contribution in [0.4, 0.5) is 4.79 Å². The molecule has 3 aliphatic heterocycles. The van der Waals surface area contributed by atoms with E-state index in [9.17, 15) is 27.7 Å². The molecule has 0 bridgehead atoms. The molecule has 1 amide bonds. The maximum absolute atomic E-state index is 14.2. The first kappa shape index (κ1) is 50.1. The largest absolute Gasteiger partial charge is 0.497 e. The number of carbonyl (C=O) groups excluding carboxylic acids is 2. The van der Waals surface area contributed by atoms with Crippen molar-refractivity contribution in [3.8, 4) is 17.2 Å². The van der Waals surface area contributed by atoms with Crippen molar-refractivity contribution in [1.82, 2.24) is 14.5 Å². The van der Waals surface area contributed by atoms with Crippen molar-refractivity contribution in [2.75, 3.05) is 79.2 Å². The number of aliphatic hydroxyl groups excluding tert-OH is 1. The summed E-state index contributed by atoms with van der Waals surface area (Å²) in [4.78, 5) is 28.6. The lowest BCUT2D eigenvalue weighted by Gasteiger charge is -2.31. The van der Waals surface area contributed by atoms with Gasteiger partial charge in [0.2, 0.25) is 16.4 Å². The minimum atomic E-state index is -4.14.